The van der Waals surface area contributed by atoms with E-state index in [0.29, 0.717) is 0 Å². The van der Waals surface area contributed by atoms with Crippen molar-refractivity contribution in [2.75, 3.05) is 0 Å². The number of hydrogen-bond acceptors (Lipinski definition) is 0. The number of allylic oxidation sites excluding steroid dienone is 1. The van der Waals surface area contributed by atoms with Gasteiger partial charge in [0.2, 0.25) is 0 Å². The predicted octanol–water partition coefficient (Wildman–Crippen LogP) is 1.94. The number of hydrogen-bond donors (Lipinski definition) is 0. The smallest absolute Gasteiger partial charge is 1.00 e. The summed E-state index contributed by atoms with van der Waals surface area (Å²) in [6, 6.07) is 52.0. The van der Waals surface area contributed by atoms with E-state index in [2.05, 4.69) is 153 Å². The van der Waals surface area contributed by atoms with Gasteiger partial charge in [-0.1, -0.05) is 160 Å². The Morgan fingerprint density at radius 1 is 0.581 bits per heavy atom. The molecule has 0 saturated carbocycles. The Bertz CT molecular complexity index is 2040. The SMILES string of the molecule is CC1=Cc2c(ccc3ccccc23)C1c1c([Si](c2ccccc2)c2ccccc2)ccc2c1[cH-]c1ccccc12.[Cl-].[Cl-].[Zr+3]. The van der Waals surface area contributed by atoms with Gasteiger partial charge in [-0.15, -0.1) is 33.7 Å². The van der Waals surface area contributed by atoms with E-state index in [1.54, 1.807) is 0 Å². The van der Waals surface area contributed by atoms with Gasteiger partial charge in [-0.25, -0.2) is 0 Å². The normalized spacial score (nSPS) is 13.7. The molecule has 7 aromatic carbocycles. The van der Waals surface area contributed by atoms with Gasteiger partial charge in [-0.2, -0.15) is 0 Å². The molecule has 1 aliphatic rings. The van der Waals surface area contributed by atoms with Gasteiger partial charge in [0.1, 0.15) is 8.80 Å². The second kappa shape index (κ2) is 12.8. The fourth-order valence-corrected chi connectivity index (χ4v) is 9.74. The van der Waals surface area contributed by atoms with Crippen LogP contribution in [-0.4, -0.2) is 8.80 Å². The van der Waals surface area contributed by atoms with Crippen molar-refractivity contribution in [3.05, 3.63) is 162 Å². The van der Waals surface area contributed by atoms with E-state index in [1.807, 2.05) is 0 Å². The summed E-state index contributed by atoms with van der Waals surface area (Å²) in [5, 5.41) is 12.4. The molecular formula is C39H28Cl2SiZr. The average molecular weight is 687 g/mol. The Kier molecular flexibility index (Phi) is 9.35. The second-order valence-electron chi connectivity index (χ2n) is 10.9. The Hall–Kier alpha value is -3.13. The van der Waals surface area contributed by atoms with Crippen LogP contribution < -0.4 is 40.4 Å². The second-order valence-corrected chi connectivity index (χ2v) is 13.4. The number of rotatable bonds is 4. The molecule has 0 N–H and O–H groups in total. The largest absolute Gasteiger partial charge is 3.00 e. The molecule has 0 bridgehead atoms. The molecule has 0 fully saturated rings. The van der Waals surface area contributed by atoms with Gasteiger partial charge >= 0.3 is 26.2 Å². The monoisotopic (exact) mass is 684 g/mol. The van der Waals surface area contributed by atoms with Crippen molar-refractivity contribution in [3.8, 4) is 0 Å². The predicted molar refractivity (Wildman–Crippen MR) is 174 cm³/mol. The van der Waals surface area contributed by atoms with Crippen LogP contribution in [0.15, 0.2) is 145 Å². The van der Waals surface area contributed by atoms with E-state index in [1.165, 1.54) is 70.1 Å². The van der Waals surface area contributed by atoms with Crippen LogP contribution in [0, 0.1) is 0 Å². The van der Waals surface area contributed by atoms with Gasteiger partial charge in [0.15, 0.2) is 0 Å². The van der Waals surface area contributed by atoms with E-state index in [-0.39, 0.29) is 56.9 Å². The van der Waals surface area contributed by atoms with E-state index in [0.717, 1.165) is 0 Å². The first-order valence-electron chi connectivity index (χ1n) is 14.1. The van der Waals surface area contributed by atoms with E-state index in [4.69, 9.17) is 0 Å². The summed E-state index contributed by atoms with van der Waals surface area (Å²) in [4.78, 5) is 0. The van der Waals surface area contributed by atoms with E-state index < -0.39 is 8.80 Å². The van der Waals surface area contributed by atoms with Crippen molar-refractivity contribution in [3.63, 3.8) is 0 Å². The molecule has 2 radical (unpaired) electrons. The van der Waals surface area contributed by atoms with E-state index >= 15 is 0 Å². The minimum Gasteiger partial charge on any atom is -1.00 e. The fourth-order valence-electron chi connectivity index (χ4n) is 6.93. The van der Waals surface area contributed by atoms with Crippen LogP contribution in [0.25, 0.3) is 38.4 Å². The summed E-state index contributed by atoms with van der Waals surface area (Å²) in [5.74, 6) is 0.225. The molecule has 0 saturated heterocycles. The average Bonchev–Trinajstić information content (AvgIpc) is 3.55. The number of benzene rings is 6. The topological polar surface area (TPSA) is 0 Å². The molecule has 1 aliphatic carbocycles. The zero-order valence-electron chi connectivity index (χ0n) is 23.7. The first-order chi connectivity index (χ1) is 19.8. The Morgan fingerprint density at radius 3 is 1.88 bits per heavy atom. The Morgan fingerprint density at radius 2 is 1.19 bits per heavy atom. The molecule has 0 amide bonds. The van der Waals surface area contributed by atoms with Crippen LogP contribution in [0.3, 0.4) is 0 Å². The fraction of sp³-hybridized carbons (Fsp3) is 0.0513. The van der Waals surface area contributed by atoms with Crippen LogP contribution in [0.5, 0.6) is 0 Å². The summed E-state index contributed by atoms with van der Waals surface area (Å²) in [7, 11) is -1.27. The summed E-state index contributed by atoms with van der Waals surface area (Å²) in [5.41, 5.74) is 5.72. The van der Waals surface area contributed by atoms with Gasteiger partial charge in [0.25, 0.3) is 0 Å². The zero-order valence-corrected chi connectivity index (χ0v) is 28.7. The maximum Gasteiger partial charge on any atom is 3.00 e. The summed E-state index contributed by atoms with van der Waals surface area (Å²) in [6.45, 7) is 2.34. The van der Waals surface area contributed by atoms with E-state index in [9.17, 15) is 0 Å². The van der Waals surface area contributed by atoms with Crippen LogP contribution in [0.1, 0.15) is 29.5 Å². The Labute approximate surface area is 286 Å². The van der Waals surface area contributed by atoms with Gasteiger partial charge in [-0.05, 0) is 28.8 Å². The van der Waals surface area contributed by atoms with Gasteiger partial charge in [-0.3, -0.25) is 0 Å². The summed E-state index contributed by atoms with van der Waals surface area (Å²) in [6.07, 6.45) is 2.45. The van der Waals surface area contributed by atoms with Crippen LogP contribution >= 0.6 is 0 Å². The quantitative estimate of drug-likeness (QED) is 0.151. The van der Waals surface area contributed by atoms with Gasteiger partial charge in [0, 0.05) is 5.92 Å². The molecule has 1 unspecified atom stereocenters. The number of halogens is 2. The van der Waals surface area contributed by atoms with Crippen molar-refractivity contribution in [2.24, 2.45) is 0 Å². The number of fused-ring (bicyclic) bond motifs is 6. The molecular weight excluding hydrogens is 659 g/mol. The van der Waals surface area contributed by atoms with Crippen molar-refractivity contribution < 1.29 is 51.0 Å². The third kappa shape index (κ3) is 5.19. The molecule has 1 atom stereocenters. The van der Waals surface area contributed by atoms with Gasteiger partial charge in [0.05, 0.1) is 0 Å². The maximum absolute atomic E-state index is 2.46. The first kappa shape index (κ1) is 31.3. The van der Waals surface area contributed by atoms with Crippen LogP contribution in [0.2, 0.25) is 0 Å². The summed E-state index contributed by atoms with van der Waals surface area (Å²) >= 11 is 0. The zero-order chi connectivity index (χ0) is 26.6. The first-order valence-corrected chi connectivity index (χ1v) is 15.6. The third-order valence-corrected chi connectivity index (χ3v) is 11.5. The molecule has 43 heavy (non-hydrogen) atoms. The molecule has 0 aromatic heterocycles. The molecule has 0 aliphatic heterocycles. The molecule has 0 spiro atoms. The third-order valence-electron chi connectivity index (χ3n) is 8.66. The standard InChI is InChI=1S/C39H28Si.2ClH.Zr/c1-26-24-35-31-18-10-8-12-27(31)20-21-34(35)38(26)39-36-25-28-13-9-11-19-32(28)33(36)22-23-37(39)40(29-14-4-2-5-15-29)30-16-6-3-7-17-30;;;/h2-25,38H,1H3;2*1H;/q-1;;;+3/p-2. The molecule has 7 aromatic rings. The molecule has 206 valence electrons. The van der Waals surface area contributed by atoms with Crippen LogP contribution in [-0.2, 0) is 26.2 Å². The molecule has 8 rings (SSSR count). The van der Waals surface area contributed by atoms with Crippen molar-refractivity contribution in [1.29, 1.82) is 0 Å². The minimum absolute atomic E-state index is 0. The van der Waals surface area contributed by atoms with Crippen molar-refractivity contribution in [2.45, 2.75) is 12.8 Å². The van der Waals surface area contributed by atoms with Crippen molar-refractivity contribution >= 4 is 62.8 Å². The minimum atomic E-state index is -1.27. The maximum atomic E-state index is 2.46. The molecule has 0 heterocycles. The van der Waals surface area contributed by atoms with Gasteiger partial charge < -0.3 is 24.8 Å². The Balaban J connectivity index is 0.00000123. The van der Waals surface area contributed by atoms with Crippen molar-refractivity contribution in [1.82, 2.24) is 0 Å². The molecule has 0 nitrogen and oxygen atoms in total. The van der Waals surface area contributed by atoms with Crippen LogP contribution in [0.4, 0.5) is 0 Å². The summed E-state index contributed by atoms with van der Waals surface area (Å²) < 4.78 is 0. The molecule has 4 heteroatoms.